The third kappa shape index (κ3) is 3.45. The number of hydrogen-bond donors (Lipinski definition) is 1. The molecule has 0 aliphatic rings. The molecule has 0 saturated heterocycles. The van der Waals surface area contributed by atoms with Crippen LogP contribution in [0.3, 0.4) is 0 Å². The van der Waals surface area contributed by atoms with Crippen molar-refractivity contribution < 1.29 is 5.11 Å². The second-order valence-corrected chi connectivity index (χ2v) is 7.49. The van der Waals surface area contributed by atoms with Crippen LogP contribution >= 0.6 is 0 Å². The summed E-state index contributed by atoms with van der Waals surface area (Å²) in [5.41, 5.74) is 3.54. The van der Waals surface area contributed by atoms with Crippen LogP contribution in [0.5, 0.6) is 5.75 Å². The number of aromatic nitrogens is 3. The molecule has 0 radical (unpaired) electrons. The molecule has 0 bridgehead atoms. The Morgan fingerprint density at radius 1 is 1.00 bits per heavy atom. The third-order valence-corrected chi connectivity index (χ3v) is 4.96. The standard InChI is InChI=1S/C23H20N4O/c1-23(2,13-24)21-8-16(12-27-15-25-14-26-27)7-20(10-21)18-3-4-19-11-22(28)6-5-17(19)9-18/h3-11,14-15,28H,12H2,1-2H3. The molecular formula is C23H20N4O. The average molecular weight is 368 g/mol. The van der Waals surface area contributed by atoms with Gasteiger partial charge in [-0.3, -0.25) is 0 Å². The molecule has 0 atom stereocenters. The van der Waals surface area contributed by atoms with E-state index in [1.165, 1.54) is 6.33 Å². The van der Waals surface area contributed by atoms with E-state index in [-0.39, 0.29) is 5.75 Å². The van der Waals surface area contributed by atoms with E-state index in [4.69, 9.17) is 0 Å². The van der Waals surface area contributed by atoms with Crippen molar-refractivity contribution in [3.8, 4) is 22.9 Å². The average Bonchev–Trinajstić information content (AvgIpc) is 3.20. The fourth-order valence-electron chi connectivity index (χ4n) is 3.29. The Balaban J connectivity index is 1.84. The zero-order chi connectivity index (χ0) is 19.7. The minimum atomic E-state index is -0.601. The predicted octanol–water partition coefficient (Wildman–Crippen LogP) is 4.65. The molecule has 138 valence electrons. The SMILES string of the molecule is CC(C)(C#N)c1cc(Cn2cncn2)cc(-c2ccc3cc(O)ccc3c2)c1. The van der Waals surface area contributed by atoms with Gasteiger partial charge in [-0.2, -0.15) is 10.4 Å². The molecule has 28 heavy (non-hydrogen) atoms. The van der Waals surface area contributed by atoms with Crippen molar-refractivity contribution in [1.82, 2.24) is 14.8 Å². The monoisotopic (exact) mass is 368 g/mol. The van der Waals surface area contributed by atoms with E-state index < -0.39 is 5.41 Å². The van der Waals surface area contributed by atoms with Gasteiger partial charge in [0.05, 0.1) is 18.0 Å². The van der Waals surface area contributed by atoms with E-state index in [2.05, 4.69) is 40.4 Å². The zero-order valence-electron chi connectivity index (χ0n) is 15.8. The van der Waals surface area contributed by atoms with Crippen molar-refractivity contribution in [3.05, 3.63) is 78.4 Å². The molecule has 0 spiro atoms. The van der Waals surface area contributed by atoms with E-state index in [9.17, 15) is 10.4 Å². The first-order valence-electron chi connectivity index (χ1n) is 9.06. The molecule has 0 aliphatic carbocycles. The summed E-state index contributed by atoms with van der Waals surface area (Å²) in [7, 11) is 0. The highest BCUT2D eigenvalue weighted by molar-refractivity contribution is 5.88. The highest BCUT2D eigenvalue weighted by atomic mass is 16.3. The molecule has 0 amide bonds. The van der Waals surface area contributed by atoms with Crippen LogP contribution in [-0.4, -0.2) is 19.9 Å². The lowest BCUT2D eigenvalue weighted by molar-refractivity contribution is 0.476. The molecule has 1 heterocycles. The summed E-state index contributed by atoms with van der Waals surface area (Å²) in [4.78, 5) is 4.01. The van der Waals surface area contributed by atoms with Crippen molar-refractivity contribution >= 4 is 10.8 Å². The summed E-state index contributed by atoms with van der Waals surface area (Å²) in [6, 6.07) is 20.2. The molecule has 5 nitrogen and oxygen atoms in total. The number of nitriles is 1. The summed E-state index contributed by atoms with van der Waals surface area (Å²) >= 11 is 0. The number of phenolic OH excluding ortho intramolecular Hbond substituents is 1. The molecule has 0 aliphatic heterocycles. The van der Waals surface area contributed by atoms with Crippen molar-refractivity contribution in [1.29, 1.82) is 5.26 Å². The van der Waals surface area contributed by atoms with Gasteiger partial charge in [0.25, 0.3) is 0 Å². The second-order valence-electron chi connectivity index (χ2n) is 7.49. The van der Waals surface area contributed by atoms with Crippen molar-refractivity contribution in [3.63, 3.8) is 0 Å². The van der Waals surface area contributed by atoms with Crippen LogP contribution in [0, 0.1) is 11.3 Å². The van der Waals surface area contributed by atoms with Crippen LogP contribution in [0.4, 0.5) is 0 Å². The topological polar surface area (TPSA) is 74.7 Å². The minimum Gasteiger partial charge on any atom is -0.508 e. The lowest BCUT2D eigenvalue weighted by Gasteiger charge is -2.19. The number of benzene rings is 3. The molecule has 4 aromatic rings. The maximum atomic E-state index is 9.68. The first kappa shape index (κ1) is 17.7. The zero-order valence-corrected chi connectivity index (χ0v) is 15.8. The minimum absolute atomic E-state index is 0.258. The molecule has 0 saturated carbocycles. The number of nitrogens with zero attached hydrogens (tertiary/aromatic N) is 4. The Hall–Kier alpha value is -3.65. The van der Waals surface area contributed by atoms with Crippen LogP contribution in [0.2, 0.25) is 0 Å². The van der Waals surface area contributed by atoms with Crippen LogP contribution in [0.15, 0.2) is 67.3 Å². The third-order valence-electron chi connectivity index (χ3n) is 4.96. The molecule has 1 N–H and O–H groups in total. The van der Waals surface area contributed by atoms with E-state index in [0.717, 1.165) is 33.0 Å². The summed E-state index contributed by atoms with van der Waals surface area (Å²) in [5.74, 6) is 0.258. The Morgan fingerprint density at radius 3 is 2.54 bits per heavy atom. The highest BCUT2D eigenvalue weighted by Gasteiger charge is 2.21. The maximum Gasteiger partial charge on any atom is 0.137 e. The van der Waals surface area contributed by atoms with Gasteiger partial charge < -0.3 is 5.11 Å². The summed E-state index contributed by atoms with van der Waals surface area (Å²) in [6.07, 6.45) is 3.20. The van der Waals surface area contributed by atoms with Gasteiger partial charge in [0.15, 0.2) is 0 Å². The van der Waals surface area contributed by atoms with Gasteiger partial charge in [0.1, 0.15) is 18.4 Å². The van der Waals surface area contributed by atoms with Gasteiger partial charge in [-0.15, -0.1) is 0 Å². The number of rotatable bonds is 4. The van der Waals surface area contributed by atoms with E-state index in [1.807, 2.05) is 32.0 Å². The summed E-state index contributed by atoms with van der Waals surface area (Å²) < 4.78 is 1.77. The molecule has 0 fully saturated rings. The maximum absolute atomic E-state index is 9.68. The predicted molar refractivity (Wildman–Crippen MR) is 109 cm³/mol. The molecule has 5 heteroatoms. The first-order chi connectivity index (χ1) is 13.4. The molecule has 1 aromatic heterocycles. The van der Waals surface area contributed by atoms with Crippen LogP contribution in [-0.2, 0) is 12.0 Å². The Kier molecular flexibility index (Phi) is 4.32. The molecule has 0 unspecified atom stereocenters. The van der Waals surface area contributed by atoms with Crippen molar-refractivity contribution in [2.45, 2.75) is 25.8 Å². The lowest BCUT2D eigenvalue weighted by atomic mass is 9.83. The number of aromatic hydroxyl groups is 1. The summed E-state index contributed by atoms with van der Waals surface area (Å²) in [5, 5.41) is 25.5. The van der Waals surface area contributed by atoms with E-state index >= 15 is 0 Å². The van der Waals surface area contributed by atoms with Gasteiger partial charge in [-0.05, 0) is 77.2 Å². The van der Waals surface area contributed by atoms with Gasteiger partial charge in [-0.25, -0.2) is 9.67 Å². The Labute approximate surface area is 163 Å². The lowest BCUT2D eigenvalue weighted by Crippen LogP contribution is -2.15. The molecule has 4 rings (SSSR count). The number of hydrogen-bond acceptors (Lipinski definition) is 4. The number of fused-ring (bicyclic) bond motifs is 1. The van der Waals surface area contributed by atoms with Gasteiger partial charge in [-0.1, -0.05) is 24.3 Å². The molecular weight excluding hydrogens is 348 g/mol. The van der Waals surface area contributed by atoms with Crippen LogP contribution in [0.1, 0.15) is 25.0 Å². The van der Waals surface area contributed by atoms with Gasteiger partial charge >= 0.3 is 0 Å². The normalized spacial score (nSPS) is 11.5. The van der Waals surface area contributed by atoms with Gasteiger partial charge in [0, 0.05) is 0 Å². The fourth-order valence-corrected chi connectivity index (χ4v) is 3.29. The van der Waals surface area contributed by atoms with Crippen molar-refractivity contribution in [2.75, 3.05) is 0 Å². The summed E-state index contributed by atoms with van der Waals surface area (Å²) in [6.45, 7) is 4.44. The molecule has 3 aromatic carbocycles. The fraction of sp³-hybridized carbons (Fsp3) is 0.174. The Morgan fingerprint density at radius 2 is 1.79 bits per heavy atom. The van der Waals surface area contributed by atoms with E-state index in [1.54, 1.807) is 23.1 Å². The first-order valence-corrected chi connectivity index (χ1v) is 9.06. The second kappa shape index (κ2) is 6.82. The van der Waals surface area contributed by atoms with Crippen LogP contribution in [0.25, 0.3) is 21.9 Å². The van der Waals surface area contributed by atoms with E-state index in [0.29, 0.717) is 6.54 Å². The van der Waals surface area contributed by atoms with Gasteiger partial charge in [0.2, 0.25) is 0 Å². The number of phenols is 1. The quantitative estimate of drug-likeness (QED) is 0.569. The van der Waals surface area contributed by atoms with Crippen molar-refractivity contribution in [2.24, 2.45) is 0 Å². The Bertz CT molecular complexity index is 1190. The largest absolute Gasteiger partial charge is 0.508 e. The highest BCUT2D eigenvalue weighted by Crippen LogP contribution is 2.32. The smallest absolute Gasteiger partial charge is 0.137 e. The van der Waals surface area contributed by atoms with Crippen LogP contribution < -0.4 is 0 Å².